The number of furan rings is 1. The second-order valence-electron chi connectivity index (χ2n) is 14.2. The van der Waals surface area contributed by atoms with Gasteiger partial charge in [0.1, 0.15) is 16.2 Å². The Morgan fingerprint density at radius 1 is 0.415 bits per heavy atom. The molecule has 3 heteroatoms. The van der Waals surface area contributed by atoms with Gasteiger partial charge >= 0.3 is 0 Å². The monoisotopic (exact) mass is 691 g/mol. The van der Waals surface area contributed by atoms with Crippen LogP contribution in [0.2, 0.25) is 0 Å². The minimum atomic E-state index is -0.520. The van der Waals surface area contributed by atoms with Crippen LogP contribution in [0.1, 0.15) is 22.3 Å². The van der Waals surface area contributed by atoms with Crippen LogP contribution < -0.4 is 0 Å². The lowest BCUT2D eigenvalue weighted by Gasteiger charge is -2.40. The van der Waals surface area contributed by atoms with Gasteiger partial charge in [0.2, 0.25) is 0 Å². The smallest absolute Gasteiger partial charge is 0.136 e. The minimum absolute atomic E-state index is 0.520. The van der Waals surface area contributed by atoms with Gasteiger partial charge in [-0.15, -0.1) is 11.3 Å². The molecular formula is C50H29NOS. The fraction of sp³-hybridized carbons (Fsp3) is 0.0200. The first-order valence-corrected chi connectivity index (χ1v) is 18.9. The van der Waals surface area contributed by atoms with Crippen molar-refractivity contribution in [3.63, 3.8) is 0 Å². The molecule has 0 radical (unpaired) electrons. The zero-order chi connectivity index (χ0) is 34.7. The molecule has 0 N–H and O–H groups in total. The molecule has 2 nitrogen and oxygen atoms in total. The van der Waals surface area contributed by atoms with Crippen LogP contribution in [0, 0.1) is 0 Å². The van der Waals surface area contributed by atoms with E-state index in [2.05, 4.69) is 176 Å². The van der Waals surface area contributed by atoms with E-state index < -0.39 is 5.41 Å². The molecule has 53 heavy (non-hydrogen) atoms. The first kappa shape index (κ1) is 29.1. The molecule has 2 heterocycles. The van der Waals surface area contributed by atoms with E-state index in [4.69, 9.17) is 9.40 Å². The lowest BCUT2D eigenvalue weighted by molar-refractivity contribution is 0.668. The van der Waals surface area contributed by atoms with Crippen molar-refractivity contribution in [1.82, 2.24) is 4.98 Å². The third kappa shape index (κ3) is 3.84. The summed E-state index contributed by atoms with van der Waals surface area (Å²) in [5.41, 5.74) is 16.1. The normalized spacial score (nSPS) is 13.4. The molecule has 8 aromatic carbocycles. The SMILES string of the molecule is c1ccc(-c2nc(-c3ccc4c5c(cccc35)C3(c5ccccc5-c5ccccc53)c3cc5c(cc3-4)oc3ccccc35)sc2-c2ccccc2)cc1. The average molecular weight is 692 g/mol. The third-order valence-electron chi connectivity index (χ3n) is 11.5. The lowest BCUT2D eigenvalue weighted by Crippen LogP contribution is -2.31. The number of rotatable bonds is 3. The molecule has 0 aliphatic heterocycles. The molecule has 0 atom stereocenters. The zero-order valence-electron chi connectivity index (χ0n) is 28.5. The maximum atomic E-state index is 6.58. The molecule has 246 valence electrons. The van der Waals surface area contributed by atoms with Gasteiger partial charge in [0.25, 0.3) is 0 Å². The van der Waals surface area contributed by atoms with Crippen molar-refractivity contribution in [2.24, 2.45) is 0 Å². The van der Waals surface area contributed by atoms with Crippen LogP contribution in [-0.4, -0.2) is 4.98 Å². The Balaban J connectivity index is 1.21. The highest BCUT2D eigenvalue weighted by Gasteiger charge is 2.50. The van der Waals surface area contributed by atoms with E-state index in [0.29, 0.717) is 0 Å². The number of benzene rings is 8. The Bertz CT molecular complexity index is 3010. The summed E-state index contributed by atoms with van der Waals surface area (Å²) in [6.45, 7) is 0. The Morgan fingerprint density at radius 2 is 1.04 bits per heavy atom. The standard InChI is InChI=1S/C50H29NOS/c1-3-14-30(15-4-1)47-48(31-16-5-2-6-17-31)53-49(51-47)37-27-26-36-38-29-45-39(34-20-9-12-25-44(34)52-45)28-43(38)50(42-24-13-21-35(37)46(36)42)40-22-10-7-18-32(40)33-19-8-11-23-41(33)50/h1-29H. The van der Waals surface area contributed by atoms with Gasteiger partial charge in [-0.2, -0.15) is 0 Å². The molecule has 0 amide bonds. The molecular weight excluding hydrogens is 663 g/mol. The average Bonchev–Trinajstić information content (AvgIpc) is 3.91. The quantitative estimate of drug-likeness (QED) is 0.184. The van der Waals surface area contributed by atoms with Crippen LogP contribution in [0.4, 0.5) is 0 Å². The number of thiazole rings is 1. The number of nitrogens with zero attached hydrogens (tertiary/aromatic N) is 1. The molecule has 0 fully saturated rings. The van der Waals surface area contributed by atoms with Crippen molar-refractivity contribution < 1.29 is 4.42 Å². The van der Waals surface area contributed by atoms with E-state index in [-0.39, 0.29) is 0 Å². The van der Waals surface area contributed by atoms with Gasteiger partial charge in [0.05, 0.1) is 16.0 Å². The lowest BCUT2D eigenvalue weighted by atomic mass is 9.61. The van der Waals surface area contributed by atoms with E-state index in [0.717, 1.165) is 43.8 Å². The first-order chi connectivity index (χ1) is 26.3. The molecule has 12 rings (SSSR count). The van der Waals surface area contributed by atoms with Crippen molar-refractivity contribution in [2.45, 2.75) is 5.41 Å². The summed E-state index contributed by atoms with van der Waals surface area (Å²) in [4.78, 5) is 6.63. The van der Waals surface area contributed by atoms with Crippen molar-refractivity contribution in [2.75, 3.05) is 0 Å². The summed E-state index contributed by atoms with van der Waals surface area (Å²) in [5.74, 6) is 0. The largest absolute Gasteiger partial charge is 0.456 e. The van der Waals surface area contributed by atoms with Crippen LogP contribution in [0.3, 0.4) is 0 Å². The third-order valence-corrected chi connectivity index (χ3v) is 12.7. The molecule has 2 aromatic heterocycles. The molecule has 0 bridgehead atoms. The summed E-state index contributed by atoms with van der Waals surface area (Å²) in [6, 6.07) is 64.1. The number of hydrogen-bond acceptors (Lipinski definition) is 3. The molecule has 0 saturated heterocycles. The van der Waals surface area contributed by atoms with Gasteiger partial charge in [-0.3, -0.25) is 0 Å². The van der Waals surface area contributed by atoms with Crippen LogP contribution in [0.25, 0.3) is 87.2 Å². The second-order valence-corrected chi connectivity index (χ2v) is 15.2. The molecule has 0 saturated carbocycles. The van der Waals surface area contributed by atoms with Crippen LogP contribution in [0.5, 0.6) is 0 Å². The highest BCUT2D eigenvalue weighted by Crippen LogP contribution is 2.63. The maximum absolute atomic E-state index is 6.58. The van der Waals surface area contributed by atoms with E-state index in [1.165, 1.54) is 65.7 Å². The minimum Gasteiger partial charge on any atom is -0.456 e. The highest BCUT2D eigenvalue weighted by atomic mass is 32.1. The van der Waals surface area contributed by atoms with Gasteiger partial charge < -0.3 is 4.42 Å². The Labute approximate surface area is 310 Å². The second kappa shape index (κ2) is 10.7. The maximum Gasteiger partial charge on any atom is 0.136 e. The summed E-state index contributed by atoms with van der Waals surface area (Å²) in [5, 5.41) is 5.80. The van der Waals surface area contributed by atoms with Crippen molar-refractivity contribution >= 4 is 44.0 Å². The number of hydrogen-bond donors (Lipinski definition) is 0. The molecule has 2 aliphatic rings. The number of aromatic nitrogens is 1. The van der Waals surface area contributed by atoms with E-state index in [1.54, 1.807) is 11.3 Å². The van der Waals surface area contributed by atoms with E-state index >= 15 is 0 Å². The summed E-state index contributed by atoms with van der Waals surface area (Å²) < 4.78 is 6.58. The van der Waals surface area contributed by atoms with Gasteiger partial charge in [-0.05, 0) is 79.0 Å². The van der Waals surface area contributed by atoms with E-state index in [9.17, 15) is 0 Å². The predicted octanol–water partition coefficient (Wildman–Crippen LogP) is 13.5. The first-order valence-electron chi connectivity index (χ1n) is 18.1. The van der Waals surface area contributed by atoms with Crippen LogP contribution in [0.15, 0.2) is 180 Å². The van der Waals surface area contributed by atoms with Crippen molar-refractivity contribution in [3.05, 3.63) is 198 Å². The number of para-hydroxylation sites is 1. The van der Waals surface area contributed by atoms with Gasteiger partial charge in [0, 0.05) is 21.9 Å². The highest BCUT2D eigenvalue weighted by molar-refractivity contribution is 7.19. The van der Waals surface area contributed by atoms with Crippen molar-refractivity contribution in [3.8, 4) is 54.5 Å². The molecule has 2 aliphatic carbocycles. The molecule has 10 aromatic rings. The molecule has 1 spiro atoms. The van der Waals surface area contributed by atoms with Crippen molar-refractivity contribution in [1.29, 1.82) is 0 Å². The van der Waals surface area contributed by atoms with Gasteiger partial charge in [0.15, 0.2) is 0 Å². The topological polar surface area (TPSA) is 26.0 Å². The Morgan fingerprint density at radius 3 is 1.81 bits per heavy atom. The molecule has 0 unspecified atom stereocenters. The number of fused-ring (bicyclic) bond motifs is 12. The summed E-state index contributed by atoms with van der Waals surface area (Å²) >= 11 is 1.78. The zero-order valence-corrected chi connectivity index (χ0v) is 29.3. The van der Waals surface area contributed by atoms with E-state index in [1.807, 2.05) is 0 Å². The fourth-order valence-corrected chi connectivity index (χ4v) is 10.5. The fourth-order valence-electron chi connectivity index (χ4n) is 9.41. The van der Waals surface area contributed by atoms with Gasteiger partial charge in [-0.1, -0.05) is 158 Å². The van der Waals surface area contributed by atoms with Crippen LogP contribution >= 0.6 is 11.3 Å². The van der Waals surface area contributed by atoms with Gasteiger partial charge in [-0.25, -0.2) is 4.98 Å². The van der Waals surface area contributed by atoms with Crippen LogP contribution in [-0.2, 0) is 5.41 Å². The summed E-state index contributed by atoms with van der Waals surface area (Å²) in [6.07, 6.45) is 0. The summed E-state index contributed by atoms with van der Waals surface area (Å²) in [7, 11) is 0. The Hall–Kier alpha value is -6.55. The Kier molecular flexibility index (Phi) is 5.89. The predicted molar refractivity (Wildman–Crippen MR) is 220 cm³/mol.